The molecule has 0 aromatic carbocycles. The van der Waals surface area contributed by atoms with Crippen LogP contribution in [-0.4, -0.2) is 29.2 Å². The Labute approximate surface area is 90.5 Å². The first-order chi connectivity index (χ1) is 6.66. The third-order valence-corrected chi connectivity index (χ3v) is 3.10. The van der Waals surface area contributed by atoms with Crippen molar-refractivity contribution in [3.8, 4) is 0 Å². The van der Waals surface area contributed by atoms with Crippen LogP contribution in [0.1, 0.15) is 12.1 Å². The van der Waals surface area contributed by atoms with Gasteiger partial charge in [-0.25, -0.2) is 14.4 Å². The van der Waals surface area contributed by atoms with Gasteiger partial charge in [0.15, 0.2) is 0 Å². The molecule has 1 saturated heterocycles. The fraction of sp³-hybridized carbons (Fsp3) is 0.556. The van der Waals surface area contributed by atoms with Crippen LogP contribution in [0.3, 0.4) is 0 Å². The van der Waals surface area contributed by atoms with E-state index >= 15 is 0 Å². The van der Waals surface area contributed by atoms with Crippen molar-refractivity contribution in [3.05, 3.63) is 16.4 Å². The largest absolute Gasteiger partial charge is 0.338 e. The van der Waals surface area contributed by atoms with Crippen molar-refractivity contribution in [2.24, 2.45) is 0 Å². The van der Waals surface area contributed by atoms with E-state index in [0.717, 1.165) is 10.2 Å². The van der Waals surface area contributed by atoms with Crippen molar-refractivity contribution in [2.45, 2.75) is 19.5 Å². The van der Waals surface area contributed by atoms with Crippen molar-refractivity contribution >= 4 is 21.9 Å². The van der Waals surface area contributed by atoms with Gasteiger partial charge < -0.3 is 4.90 Å². The highest BCUT2D eigenvalue weighted by Crippen LogP contribution is 2.20. The fourth-order valence-corrected chi connectivity index (χ4v) is 1.68. The third kappa shape index (κ3) is 1.87. The van der Waals surface area contributed by atoms with Gasteiger partial charge in [0.05, 0.1) is 16.7 Å². The highest BCUT2D eigenvalue weighted by atomic mass is 79.9. The zero-order chi connectivity index (χ0) is 10.1. The Morgan fingerprint density at radius 3 is 3.00 bits per heavy atom. The van der Waals surface area contributed by atoms with Gasteiger partial charge in [-0.15, -0.1) is 0 Å². The lowest BCUT2D eigenvalue weighted by molar-refractivity contribution is 0.364. The van der Waals surface area contributed by atoms with Crippen molar-refractivity contribution in [1.29, 1.82) is 0 Å². The lowest BCUT2D eigenvalue weighted by atomic mass is 10.3. The van der Waals surface area contributed by atoms with Gasteiger partial charge in [-0.05, 0) is 29.3 Å². The first kappa shape index (κ1) is 9.83. The molecule has 0 N–H and O–H groups in total. The molecule has 2 heterocycles. The van der Waals surface area contributed by atoms with Crippen LogP contribution in [0.15, 0.2) is 10.7 Å². The molecule has 1 aromatic rings. The van der Waals surface area contributed by atoms with E-state index in [-0.39, 0.29) is 0 Å². The van der Waals surface area contributed by atoms with Gasteiger partial charge >= 0.3 is 0 Å². The molecule has 3 nitrogen and oxygen atoms in total. The first-order valence-corrected chi connectivity index (χ1v) is 5.34. The Morgan fingerprint density at radius 1 is 1.64 bits per heavy atom. The zero-order valence-electron chi connectivity index (χ0n) is 7.87. The van der Waals surface area contributed by atoms with Gasteiger partial charge in [0, 0.05) is 12.7 Å². The summed E-state index contributed by atoms with van der Waals surface area (Å²) in [6.45, 7) is 3.03. The van der Waals surface area contributed by atoms with Crippen LogP contribution in [0.2, 0.25) is 0 Å². The number of hydrogen-bond donors (Lipinski definition) is 0. The van der Waals surface area contributed by atoms with Gasteiger partial charge in [0.25, 0.3) is 0 Å². The minimum absolute atomic E-state index is 0.418. The van der Waals surface area contributed by atoms with Gasteiger partial charge in [-0.3, -0.25) is 0 Å². The summed E-state index contributed by atoms with van der Waals surface area (Å²) >= 11 is 3.33. The maximum Gasteiger partial charge on any atom is 0.225 e. The molecule has 0 saturated carbocycles. The van der Waals surface area contributed by atoms with Crippen LogP contribution >= 0.6 is 15.9 Å². The molecule has 0 bridgehead atoms. The normalized spacial score (nSPS) is 21.6. The highest BCUT2D eigenvalue weighted by molar-refractivity contribution is 9.10. The van der Waals surface area contributed by atoms with E-state index in [2.05, 4.69) is 25.9 Å². The SMILES string of the molecule is Cc1nc(N2CC[C@@H](F)C2)ncc1Br. The fourth-order valence-electron chi connectivity index (χ4n) is 1.49. The average Bonchev–Trinajstić information content (AvgIpc) is 2.57. The third-order valence-electron chi connectivity index (χ3n) is 2.32. The molecule has 1 aliphatic rings. The average molecular weight is 260 g/mol. The second-order valence-electron chi connectivity index (χ2n) is 3.44. The molecular weight excluding hydrogens is 249 g/mol. The summed E-state index contributed by atoms with van der Waals surface area (Å²) in [5.41, 5.74) is 0.886. The van der Waals surface area contributed by atoms with E-state index in [4.69, 9.17) is 0 Å². The van der Waals surface area contributed by atoms with E-state index in [1.54, 1.807) is 6.20 Å². The van der Waals surface area contributed by atoms with E-state index in [1.165, 1.54) is 0 Å². The van der Waals surface area contributed by atoms with E-state index in [9.17, 15) is 4.39 Å². The molecule has 1 aliphatic heterocycles. The number of hydrogen-bond acceptors (Lipinski definition) is 3. The molecule has 0 aliphatic carbocycles. The van der Waals surface area contributed by atoms with Crippen molar-refractivity contribution in [3.63, 3.8) is 0 Å². The van der Waals surface area contributed by atoms with E-state index in [1.807, 2.05) is 11.8 Å². The quantitative estimate of drug-likeness (QED) is 0.774. The van der Waals surface area contributed by atoms with Crippen molar-refractivity contribution < 1.29 is 4.39 Å². The summed E-state index contributed by atoms with van der Waals surface area (Å²) < 4.78 is 13.8. The van der Waals surface area contributed by atoms with Crippen molar-refractivity contribution in [1.82, 2.24) is 9.97 Å². The minimum Gasteiger partial charge on any atom is -0.338 e. The van der Waals surface area contributed by atoms with Crippen LogP contribution in [0.5, 0.6) is 0 Å². The zero-order valence-corrected chi connectivity index (χ0v) is 9.46. The molecule has 1 aromatic heterocycles. The maximum atomic E-state index is 12.9. The topological polar surface area (TPSA) is 29.0 Å². The minimum atomic E-state index is -0.734. The first-order valence-electron chi connectivity index (χ1n) is 4.55. The number of nitrogens with zero attached hydrogens (tertiary/aromatic N) is 3. The molecule has 0 spiro atoms. The Morgan fingerprint density at radius 2 is 2.43 bits per heavy atom. The smallest absolute Gasteiger partial charge is 0.225 e. The monoisotopic (exact) mass is 259 g/mol. The highest BCUT2D eigenvalue weighted by Gasteiger charge is 2.23. The van der Waals surface area contributed by atoms with Crippen LogP contribution < -0.4 is 4.90 Å². The summed E-state index contributed by atoms with van der Waals surface area (Å²) in [6.07, 6.45) is 1.56. The number of aryl methyl sites for hydroxylation is 1. The summed E-state index contributed by atoms with van der Waals surface area (Å²) in [5.74, 6) is 0.630. The molecule has 2 rings (SSSR count). The Bertz CT molecular complexity index is 345. The molecule has 0 amide bonds. The van der Waals surface area contributed by atoms with E-state index in [0.29, 0.717) is 25.5 Å². The van der Waals surface area contributed by atoms with Crippen molar-refractivity contribution in [2.75, 3.05) is 18.0 Å². The van der Waals surface area contributed by atoms with Gasteiger partial charge in [-0.1, -0.05) is 0 Å². The molecule has 1 atom stereocenters. The summed E-state index contributed by atoms with van der Waals surface area (Å²) in [4.78, 5) is 10.3. The number of alkyl halides is 1. The summed E-state index contributed by atoms with van der Waals surface area (Å²) in [6, 6.07) is 0. The second kappa shape index (κ2) is 3.81. The number of rotatable bonds is 1. The predicted octanol–water partition coefficient (Wildman–Crippen LogP) is 2.10. The number of aromatic nitrogens is 2. The summed E-state index contributed by atoms with van der Waals surface area (Å²) in [7, 11) is 0. The van der Waals surface area contributed by atoms with Crippen LogP contribution in [0.4, 0.5) is 10.3 Å². The molecular formula is C9H11BrFN3. The lowest BCUT2D eigenvalue weighted by Crippen LogP contribution is -2.22. The lowest BCUT2D eigenvalue weighted by Gasteiger charge is -2.15. The molecule has 0 unspecified atom stereocenters. The van der Waals surface area contributed by atoms with Crippen LogP contribution in [-0.2, 0) is 0 Å². The molecule has 76 valence electrons. The Kier molecular flexibility index (Phi) is 2.67. The summed E-state index contributed by atoms with van der Waals surface area (Å²) in [5, 5.41) is 0. The molecule has 0 radical (unpaired) electrons. The number of anilines is 1. The molecule has 1 fully saturated rings. The Hall–Kier alpha value is -0.710. The molecule has 5 heteroatoms. The number of halogens is 2. The van der Waals surface area contributed by atoms with E-state index < -0.39 is 6.17 Å². The van der Waals surface area contributed by atoms with Gasteiger partial charge in [0.2, 0.25) is 5.95 Å². The Balaban J connectivity index is 2.20. The molecule has 14 heavy (non-hydrogen) atoms. The standard InChI is InChI=1S/C9H11BrFN3/c1-6-8(10)4-12-9(13-6)14-3-2-7(11)5-14/h4,7H,2-3,5H2,1H3/t7-/m1/s1. The van der Waals surface area contributed by atoms with Crippen LogP contribution in [0.25, 0.3) is 0 Å². The van der Waals surface area contributed by atoms with Crippen LogP contribution in [0, 0.1) is 6.92 Å². The van der Waals surface area contributed by atoms with Gasteiger partial charge in [0.1, 0.15) is 6.17 Å². The van der Waals surface area contributed by atoms with Gasteiger partial charge in [-0.2, -0.15) is 0 Å². The second-order valence-corrected chi connectivity index (χ2v) is 4.29. The predicted molar refractivity (Wildman–Crippen MR) is 56.2 cm³/mol. The maximum absolute atomic E-state index is 12.9.